The summed E-state index contributed by atoms with van der Waals surface area (Å²) in [4.78, 5) is 12.0. The van der Waals surface area contributed by atoms with Crippen molar-refractivity contribution in [1.29, 1.82) is 0 Å². The molecule has 0 fully saturated rings. The number of carbonyl (C=O) groups excluding carboxylic acids is 1. The second kappa shape index (κ2) is 9.48. The maximum Gasteiger partial charge on any atom is 0.273 e. The molecule has 28 heavy (non-hydrogen) atoms. The Hall–Kier alpha value is -3.44. The van der Waals surface area contributed by atoms with E-state index in [0.717, 1.165) is 11.1 Å². The van der Waals surface area contributed by atoms with Crippen LogP contribution in [0.2, 0.25) is 0 Å². The Morgan fingerprint density at radius 3 is 2.57 bits per heavy atom. The van der Waals surface area contributed by atoms with Crippen molar-refractivity contribution in [2.24, 2.45) is 5.10 Å². The highest BCUT2D eigenvalue weighted by atomic mass is 16.5. The van der Waals surface area contributed by atoms with E-state index >= 15 is 0 Å². The topological polar surface area (TPSA) is 70.9 Å². The average molecular weight is 374 g/mol. The predicted molar refractivity (Wildman–Crippen MR) is 109 cm³/mol. The van der Waals surface area contributed by atoms with Gasteiger partial charge in [-0.2, -0.15) is 5.10 Å². The molecule has 0 bridgehead atoms. The molecule has 3 rings (SSSR count). The first kappa shape index (κ1) is 19.3. The first-order valence-corrected chi connectivity index (χ1v) is 8.96. The summed E-state index contributed by atoms with van der Waals surface area (Å²) in [7, 11) is 0. The number of benzene rings is 3. The Balaban J connectivity index is 1.55. The zero-order chi connectivity index (χ0) is 19.8. The third kappa shape index (κ3) is 5.53. The summed E-state index contributed by atoms with van der Waals surface area (Å²) in [5.74, 6) is 0.120. The molecule has 1 atom stereocenters. The van der Waals surface area contributed by atoms with Gasteiger partial charge in [-0.05, 0) is 35.7 Å². The van der Waals surface area contributed by atoms with E-state index in [-0.39, 0.29) is 0 Å². The second-order valence-electron chi connectivity index (χ2n) is 6.39. The number of aryl methyl sites for hydroxylation is 1. The number of hydrogen-bond donors (Lipinski definition) is 2. The van der Waals surface area contributed by atoms with Crippen molar-refractivity contribution >= 4 is 12.1 Å². The molecule has 3 aromatic rings. The molecule has 0 unspecified atom stereocenters. The lowest BCUT2D eigenvalue weighted by molar-refractivity contribution is -0.129. The Bertz CT molecular complexity index is 938. The lowest BCUT2D eigenvalue weighted by atomic mass is 10.1. The number of aliphatic hydroxyl groups excluding tert-OH is 1. The fraction of sp³-hybridized carbons (Fsp3) is 0.130. The summed E-state index contributed by atoms with van der Waals surface area (Å²) in [6.45, 7) is 2.52. The molecule has 0 aliphatic heterocycles. The standard InChI is InChI=1S/C23H22N2O3/c1-17-10-12-18(13-11-17)16-28-21-9-5-6-19(14-21)15-24-25-23(27)22(26)20-7-3-2-4-8-20/h2-15,22,26H,16H2,1H3,(H,25,27)/b24-15-/t22-/m1/s1. The van der Waals surface area contributed by atoms with Gasteiger partial charge in [-0.15, -0.1) is 0 Å². The largest absolute Gasteiger partial charge is 0.489 e. The van der Waals surface area contributed by atoms with Crippen LogP contribution in [0.3, 0.4) is 0 Å². The van der Waals surface area contributed by atoms with Crippen molar-refractivity contribution in [3.63, 3.8) is 0 Å². The van der Waals surface area contributed by atoms with E-state index in [4.69, 9.17) is 4.74 Å². The van der Waals surface area contributed by atoms with E-state index in [2.05, 4.69) is 10.5 Å². The fourth-order valence-corrected chi connectivity index (χ4v) is 2.55. The maximum absolute atomic E-state index is 12.0. The van der Waals surface area contributed by atoms with Gasteiger partial charge in [-0.25, -0.2) is 5.43 Å². The van der Waals surface area contributed by atoms with Gasteiger partial charge in [0.2, 0.25) is 0 Å². The van der Waals surface area contributed by atoms with Crippen molar-refractivity contribution < 1.29 is 14.6 Å². The predicted octanol–water partition coefficient (Wildman–Crippen LogP) is 3.76. The number of nitrogens with zero attached hydrogens (tertiary/aromatic N) is 1. The van der Waals surface area contributed by atoms with Gasteiger partial charge in [0, 0.05) is 0 Å². The molecule has 1 amide bonds. The highest BCUT2D eigenvalue weighted by Gasteiger charge is 2.15. The Kier molecular flexibility index (Phi) is 6.54. The smallest absolute Gasteiger partial charge is 0.273 e. The van der Waals surface area contributed by atoms with E-state index in [9.17, 15) is 9.90 Å². The molecule has 5 heteroatoms. The van der Waals surface area contributed by atoms with Crippen LogP contribution in [-0.4, -0.2) is 17.2 Å². The normalized spacial score (nSPS) is 11.9. The first-order valence-electron chi connectivity index (χ1n) is 8.96. The summed E-state index contributed by atoms with van der Waals surface area (Å²) < 4.78 is 5.81. The van der Waals surface area contributed by atoms with Gasteiger partial charge in [0.05, 0.1) is 6.21 Å². The molecule has 0 radical (unpaired) electrons. The van der Waals surface area contributed by atoms with Gasteiger partial charge in [0.25, 0.3) is 5.91 Å². The first-order chi connectivity index (χ1) is 13.6. The number of hydrazone groups is 1. The fourth-order valence-electron chi connectivity index (χ4n) is 2.55. The van der Waals surface area contributed by atoms with Crippen molar-refractivity contribution in [1.82, 2.24) is 5.43 Å². The van der Waals surface area contributed by atoms with E-state index in [0.29, 0.717) is 17.9 Å². The molecule has 0 heterocycles. The minimum Gasteiger partial charge on any atom is -0.489 e. The Morgan fingerprint density at radius 1 is 1.07 bits per heavy atom. The SMILES string of the molecule is Cc1ccc(COc2cccc(/C=N\NC(=O)[C@H](O)c3ccccc3)c2)cc1. The van der Waals surface area contributed by atoms with Gasteiger partial charge in [0.15, 0.2) is 6.10 Å². The van der Waals surface area contributed by atoms with Gasteiger partial charge in [-0.3, -0.25) is 4.79 Å². The molecular formula is C23H22N2O3. The number of rotatable bonds is 7. The molecule has 0 saturated heterocycles. The molecule has 0 aliphatic rings. The van der Waals surface area contributed by atoms with E-state index in [1.54, 1.807) is 24.3 Å². The van der Waals surface area contributed by atoms with Crippen LogP contribution in [0.25, 0.3) is 0 Å². The van der Waals surface area contributed by atoms with Crippen LogP contribution >= 0.6 is 0 Å². The number of nitrogens with one attached hydrogen (secondary N) is 1. The zero-order valence-corrected chi connectivity index (χ0v) is 15.6. The number of hydrogen-bond acceptors (Lipinski definition) is 4. The van der Waals surface area contributed by atoms with Gasteiger partial charge in [-0.1, -0.05) is 72.3 Å². The van der Waals surface area contributed by atoms with Crippen LogP contribution < -0.4 is 10.2 Å². The van der Waals surface area contributed by atoms with Crippen LogP contribution in [0.4, 0.5) is 0 Å². The van der Waals surface area contributed by atoms with Crippen LogP contribution in [-0.2, 0) is 11.4 Å². The van der Waals surface area contributed by atoms with Crippen molar-refractivity contribution in [2.45, 2.75) is 19.6 Å². The number of amides is 1. The number of aliphatic hydroxyl groups is 1. The Morgan fingerprint density at radius 2 is 1.82 bits per heavy atom. The highest BCUT2D eigenvalue weighted by Crippen LogP contribution is 2.15. The summed E-state index contributed by atoms with van der Waals surface area (Å²) in [5.41, 5.74) is 5.94. The number of ether oxygens (including phenoxy) is 1. The Labute approximate surface area is 164 Å². The minimum atomic E-state index is -1.26. The van der Waals surface area contributed by atoms with Gasteiger partial charge >= 0.3 is 0 Å². The molecule has 0 spiro atoms. The molecular weight excluding hydrogens is 352 g/mol. The van der Waals surface area contributed by atoms with Crippen molar-refractivity contribution in [2.75, 3.05) is 0 Å². The van der Waals surface area contributed by atoms with Gasteiger partial charge < -0.3 is 9.84 Å². The van der Waals surface area contributed by atoms with Gasteiger partial charge in [0.1, 0.15) is 12.4 Å². The quantitative estimate of drug-likeness (QED) is 0.489. The van der Waals surface area contributed by atoms with Crippen molar-refractivity contribution in [3.8, 4) is 5.75 Å². The molecule has 5 nitrogen and oxygen atoms in total. The summed E-state index contributed by atoms with van der Waals surface area (Å²) in [6.07, 6.45) is 0.247. The summed E-state index contributed by atoms with van der Waals surface area (Å²) >= 11 is 0. The van der Waals surface area contributed by atoms with Crippen LogP contribution in [0.5, 0.6) is 5.75 Å². The molecule has 0 saturated carbocycles. The molecule has 3 aromatic carbocycles. The maximum atomic E-state index is 12.0. The summed E-state index contributed by atoms with van der Waals surface area (Å²) in [5, 5.41) is 13.9. The zero-order valence-electron chi connectivity index (χ0n) is 15.6. The lowest BCUT2D eigenvalue weighted by Gasteiger charge is -2.09. The number of carbonyl (C=O) groups is 1. The lowest BCUT2D eigenvalue weighted by Crippen LogP contribution is -2.25. The molecule has 142 valence electrons. The molecule has 2 N–H and O–H groups in total. The molecule has 0 aliphatic carbocycles. The third-order valence-electron chi connectivity index (χ3n) is 4.14. The monoisotopic (exact) mass is 374 g/mol. The summed E-state index contributed by atoms with van der Waals surface area (Å²) in [6, 6.07) is 24.3. The average Bonchev–Trinajstić information content (AvgIpc) is 2.73. The second-order valence-corrected chi connectivity index (χ2v) is 6.39. The highest BCUT2D eigenvalue weighted by molar-refractivity contribution is 5.85. The van der Waals surface area contributed by atoms with Crippen LogP contribution in [0, 0.1) is 6.92 Å². The van der Waals surface area contributed by atoms with E-state index < -0.39 is 12.0 Å². The van der Waals surface area contributed by atoms with Crippen LogP contribution in [0.1, 0.15) is 28.4 Å². The van der Waals surface area contributed by atoms with Crippen LogP contribution in [0.15, 0.2) is 84.0 Å². The van der Waals surface area contributed by atoms with Crippen molar-refractivity contribution in [3.05, 3.63) is 101 Å². The molecule has 0 aromatic heterocycles. The van der Waals surface area contributed by atoms with E-state index in [1.807, 2.05) is 61.5 Å². The minimum absolute atomic E-state index is 0.473. The van der Waals surface area contributed by atoms with E-state index in [1.165, 1.54) is 11.8 Å². The third-order valence-corrected chi connectivity index (χ3v) is 4.14.